The minimum Gasteiger partial charge on any atom is -0.354 e. The first kappa shape index (κ1) is 28.0. The predicted molar refractivity (Wildman–Crippen MR) is 158 cm³/mol. The minimum absolute atomic E-state index is 0.148. The van der Waals surface area contributed by atoms with E-state index in [4.69, 9.17) is 4.98 Å². The normalized spacial score (nSPS) is 12.4. The van der Waals surface area contributed by atoms with Gasteiger partial charge in [-0.25, -0.2) is 4.98 Å². The molecule has 7 nitrogen and oxygen atoms in total. The van der Waals surface area contributed by atoms with Gasteiger partial charge < -0.3 is 14.8 Å². The second-order valence-corrected chi connectivity index (χ2v) is 10.9. The molecule has 38 heavy (non-hydrogen) atoms. The number of hydrogen-bond acceptors (Lipinski definition) is 6. The largest absolute Gasteiger partial charge is 0.354 e. The molecule has 0 aliphatic carbocycles. The van der Waals surface area contributed by atoms with E-state index in [-0.39, 0.29) is 11.9 Å². The van der Waals surface area contributed by atoms with Crippen LogP contribution in [-0.4, -0.2) is 62.0 Å². The zero-order chi connectivity index (χ0) is 26.7. The lowest BCUT2D eigenvalue weighted by Crippen LogP contribution is -2.33. The molecule has 4 rings (SSSR count). The summed E-state index contributed by atoms with van der Waals surface area (Å²) in [5.74, 6) is 1.01. The lowest BCUT2D eigenvalue weighted by Gasteiger charge is -2.19. The molecule has 8 heteroatoms. The highest BCUT2D eigenvalue weighted by Gasteiger charge is 2.15. The maximum atomic E-state index is 12.3. The summed E-state index contributed by atoms with van der Waals surface area (Å²) in [6.45, 7) is 10.5. The molecule has 1 amide bonds. The molecular weight excluding hydrogens is 492 g/mol. The average molecular weight is 533 g/mol. The summed E-state index contributed by atoms with van der Waals surface area (Å²) in [5.41, 5.74) is 4.04. The van der Waals surface area contributed by atoms with Gasteiger partial charge in [0.25, 0.3) is 0 Å². The van der Waals surface area contributed by atoms with Crippen LogP contribution >= 0.6 is 11.8 Å². The summed E-state index contributed by atoms with van der Waals surface area (Å²) >= 11 is 1.61. The molecular formula is C30H40N6OS. The number of unbranched alkanes of at least 4 members (excludes halogenated alkanes) is 1. The van der Waals surface area contributed by atoms with E-state index in [0.29, 0.717) is 11.6 Å². The molecule has 1 atom stereocenters. The summed E-state index contributed by atoms with van der Waals surface area (Å²) in [4.78, 5) is 19.7. The second-order valence-electron chi connectivity index (χ2n) is 9.80. The number of carbonyl (C=O) groups is 1. The molecule has 0 aliphatic rings. The van der Waals surface area contributed by atoms with Crippen molar-refractivity contribution in [1.29, 1.82) is 0 Å². The van der Waals surface area contributed by atoms with E-state index in [1.807, 2.05) is 12.1 Å². The number of thioether (sulfide) groups is 1. The third-order valence-electron chi connectivity index (χ3n) is 6.98. The molecule has 2 aromatic carbocycles. The molecule has 0 aliphatic heterocycles. The Labute approximate surface area is 230 Å². The van der Waals surface area contributed by atoms with Gasteiger partial charge in [-0.2, -0.15) is 0 Å². The van der Waals surface area contributed by atoms with Crippen LogP contribution < -0.4 is 5.32 Å². The predicted octanol–water partition coefficient (Wildman–Crippen LogP) is 5.92. The number of carbonyl (C=O) groups excluding carboxylic acids is 1. The fourth-order valence-corrected chi connectivity index (χ4v) is 5.59. The molecule has 0 radical (unpaired) electrons. The van der Waals surface area contributed by atoms with E-state index >= 15 is 0 Å². The number of aromatic nitrogens is 4. The van der Waals surface area contributed by atoms with Crippen LogP contribution in [0, 0.1) is 0 Å². The van der Waals surface area contributed by atoms with E-state index in [2.05, 4.69) is 88.2 Å². The van der Waals surface area contributed by atoms with Gasteiger partial charge in [0, 0.05) is 30.1 Å². The van der Waals surface area contributed by atoms with Gasteiger partial charge in [0.1, 0.15) is 5.52 Å². The Balaban J connectivity index is 1.27. The summed E-state index contributed by atoms with van der Waals surface area (Å²) in [6, 6.07) is 18.9. The highest BCUT2D eigenvalue weighted by atomic mass is 32.2. The van der Waals surface area contributed by atoms with Crippen molar-refractivity contribution in [2.75, 3.05) is 25.4 Å². The number of hydrogen-bond donors (Lipinski definition) is 1. The van der Waals surface area contributed by atoms with Crippen molar-refractivity contribution in [3.8, 4) is 0 Å². The van der Waals surface area contributed by atoms with Crippen LogP contribution in [0.15, 0.2) is 59.8 Å². The Hall–Kier alpha value is -2.97. The van der Waals surface area contributed by atoms with Crippen LogP contribution in [0.1, 0.15) is 58.4 Å². The lowest BCUT2D eigenvalue weighted by atomic mass is 10.1. The SMILES string of the molecule is CCN(CC)CCCC(C)NC(=O)CCCCSc1nnc2c3ccccc3n(Cc3ccccc3)c2n1. The van der Waals surface area contributed by atoms with E-state index in [0.717, 1.165) is 79.7 Å². The topological polar surface area (TPSA) is 75.9 Å². The van der Waals surface area contributed by atoms with Crippen molar-refractivity contribution in [3.05, 3.63) is 60.2 Å². The Morgan fingerprint density at radius 3 is 2.55 bits per heavy atom. The number of benzene rings is 2. The third kappa shape index (κ3) is 7.54. The summed E-state index contributed by atoms with van der Waals surface area (Å²) in [7, 11) is 0. The summed E-state index contributed by atoms with van der Waals surface area (Å²) in [5, 5.41) is 13.9. The third-order valence-corrected chi connectivity index (χ3v) is 7.90. The zero-order valence-corrected chi connectivity index (χ0v) is 23.7. The zero-order valence-electron chi connectivity index (χ0n) is 22.9. The minimum atomic E-state index is 0.148. The number of nitrogens with one attached hydrogen (secondary N) is 1. The number of amides is 1. The van der Waals surface area contributed by atoms with Crippen molar-refractivity contribution in [2.45, 2.75) is 70.6 Å². The van der Waals surface area contributed by atoms with Crippen LogP contribution in [0.4, 0.5) is 0 Å². The molecule has 1 unspecified atom stereocenters. The first-order chi connectivity index (χ1) is 18.6. The van der Waals surface area contributed by atoms with Gasteiger partial charge in [-0.3, -0.25) is 4.79 Å². The molecule has 1 N–H and O–H groups in total. The highest BCUT2D eigenvalue weighted by Crippen LogP contribution is 2.28. The van der Waals surface area contributed by atoms with Crippen LogP contribution in [0.2, 0.25) is 0 Å². The summed E-state index contributed by atoms with van der Waals surface area (Å²) < 4.78 is 2.23. The molecule has 0 saturated heterocycles. The molecule has 202 valence electrons. The Bertz CT molecular complexity index is 1300. The average Bonchev–Trinajstić information content (AvgIpc) is 3.24. The first-order valence-corrected chi connectivity index (χ1v) is 14.9. The van der Waals surface area contributed by atoms with Gasteiger partial charge in [0.2, 0.25) is 11.1 Å². The maximum absolute atomic E-state index is 12.3. The first-order valence-electron chi connectivity index (χ1n) is 13.9. The standard InChI is InChI=1S/C30H40N6OS/c1-4-35(5-2)20-13-14-23(3)31-27(37)19-11-12-21-38-30-32-29-28(33-34-30)25-17-9-10-18-26(25)36(29)22-24-15-7-6-8-16-24/h6-10,15-18,23H,4-5,11-14,19-22H2,1-3H3,(H,31,37). The van der Waals surface area contributed by atoms with E-state index in [1.54, 1.807) is 11.8 Å². The highest BCUT2D eigenvalue weighted by molar-refractivity contribution is 7.99. The molecule has 0 bridgehead atoms. The van der Waals surface area contributed by atoms with Crippen molar-refractivity contribution >= 4 is 39.7 Å². The second kappa shape index (κ2) is 14.3. The quantitative estimate of drug-likeness (QED) is 0.151. The van der Waals surface area contributed by atoms with Gasteiger partial charge >= 0.3 is 0 Å². The Morgan fingerprint density at radius 2 is 1.76 bits per heavy atom. The Kier molecular flexibility index (Phi) is 10.5. The van der Waals surface area contributed by atoms with Gasteiger partial charge in [0.05, 0.1) is 5.52 Å². The van der Waals surface area contributed by atoms with Crippen molar-refractivity contribution in [2.24, 2.45) is 0 Å². The molecule has 0 saturated carbocycles. The summed E-state index contributed by atoms with van der Waals surface area (Å²) in [6.07, 6.45) is 4.48. The van der Waals surface area contributed by atoms with Crippen LogP contribution in [0.5, 0.6) is 0 Å². The fraction of sp³-hybridized carbons (Fsp3) is 0.467. The van der Waals surface area contributed by atoms with Crippen molar-refractivity contribution < 1.29 is 4.79 Å². The monoisotopic (exact) mass is 532 g/mol. The fourth-order valence-electron chi connectivity index (χ4n) is 4.81. The van der Waals surface area contributed by atoms with E-state index in [1.165, 1.54) is 5.56 Å². The molecule has 0 fully saturated rings. The lowest BCUT2D eigenvalue weighted by molar-refractivity contribution is -0.121. The molecule has 0 spiro atoms. The molecule has 2 aromatic heterocycles. The van der Waals surface area contributed by atoms with Crippen LogP contribution in [-0.2, 0) is 11.3 Å². The van der Waals surface area contributed by atoms with E-state index < -0.39 is 0 Å². The van der Waals surface area contributed by atoms with Gasteiger partial charge in [-0.05, 0) is 63.9 Å². The van der Waals surface area contributed by atoms with Crippen LogP contribution in [0.3, 0.4) is 0 Å². The van der Waals surface area contributed by atoms with E-state index in [9.17, 15) is 4.79 Å². The van der Waals surface area contributed by atoms with Gasteiger partial charge in [0.15, 0.2) is 5.65 Å². The van der Waals surface area contributed by atoms with Gasteiger partial charge in [-0.1, -0.05) is 74.1 Å². The number of fused-ring (bicyclic) bond motifs is 3. The molecule has 4 aromatic rings. The Morgan fingerprint density at radius 1 is 1.00 bits per heavy atom. The smallest absolute Gasteiger partial charge is 0.220 e. The number of rotatable bonds is 15. The molecule has 2 heterocycles. The number of para-hydroxylation sites is 1. The van der Waals surface area contributed by atoms with Crippen molar-refractivity contribution in [3.63, 3.8) is 0 Å². The number of nitrogens with zero attached hydrogens (tertiary/aromatic N) is 5. The van der Waals surface area contributed by atoms with Crippen molar-refractivity contribution in [1.82, 2.24) is 30.0 Å². The maximum Gasteiger partial charge on any atom is 0.220 e. The van der Waals surface area contributed by atoms with Crippen LogP contribution in [0.25, 0.3) is 22.1 Å². The van der Waals surface area contributed by atoms with Gasteiger partial charge in [-0.15, -0.1) is 10.2 Å².